The number of amides is 3. The zero-order chi connectivity index (χ0) is 23.4. The molecule has 2 N–H and O–H groups in total. The van der Waals surface area contributed by atoms with E-state index in [1.165, 1.54) is 0 Å². The molecule has 1 fully saturated rings. The highest BCUT2D eigenvalue weighted by Gasteiger charge is 2.38. The fourth-order valence-electron chi connectivity index (χ4n) is 3.46. The zero-order valence-corrected chi connectivity index (χ0v) is 19.8. The van der Waals surface area contributed by atoms with Gasteiger partial charge in [-0.15, -0.1) is 0 Å². The molecular formula is C22H37N5O4. The highest BCUT2D eigenvalue weighted by molar-refractivity contribution is 5.92. The van der Waals surface area contributed by atoms with Crippen LogP contribution in [0.15, 0.2) is 12.4 Å². The monoisotopic (exact) mass is 435 g/mol. The maximum atomic E-state index is 13.2. The molecule has 0 saturated carbocycles. The molecule has 2 rings (SSSR count). The van der Waals surface area contributed by atoms with Crippen LogP contribution in [0.2, 0.25) is 0 Å². The first-order chi connectivity index (χ1) is 14.3. The summed E-state index contributed by atoms with van der Waals surface area (Å²) in [5, 5.41) is 9.81. The molecule has 1 aromatic heterocycles. The Hall–Kier alpha value is -2.58. The molecule has 0 unspecified atom stereocenters. The molecular weight excluding hydrogens is 398 g/mol. The van der Waals surface area contributed by atoms with Crippen molar-refractivity contribution in [3.8, 4) is 0 Å². The predicted molar refractivity (Wildman–Crippen MR) is 118 cm³/mol. The van der Waals surface area contributed by atoms with Crippen LogP contribution in [0.5, 0.6) is 0 Å². The molecule has 0 aromatic carbocycles. The third-order valence-electron chi connectivity index (χ3n) is 5.18. The average molecular weight is 436 g/mol. The van der Waals surface area contributed by atoms with Crippen LogP contribution in [-0.2, 0) is 20.9 Å². The van der Waals surface area contributed by atoms with Crippen molar-refractivity contribution in [1.82, 2.24) is 20.0 Å². The van der Waals surface area contributed by atoms with Gasteiger partial charge in [0.05, 0.1) is 11.9 Å². The van der Waals surface area contributed by atoms with Crippen LogP contribution in [0.4, 0.5) is 10.5 Å². The number of alkyl carbamates (subject to hydrolysis) is 1. The largest absolute Gasteiger partial charge is 0.444 e. The zero-order valence-electron chi connectivity index (χ0n) is 19.8. The second-order valence-electron chi connectivity index (χ2n) is 10.1. The van der Waals surface area contributed by atoms with Gasteiger partial charge in [0.2, 0.25) is 11.8 Å². The second kappa shape index (κ2) is 9.70. The van der Waals surface area contributed by atoms with Gasteiger partial charge < -0.3 is 20.3 Å². The number of carbonyl (C=O) groups excluding carboxylic acids is 3. The van der Waals surface area contributed by atoms with E-state index in [0.717, 1.165) is 6.54 Å². The number of rotatable bonds is 5. The van der Waals surface area contributed by atoms with Crippen molar-refractivity contribution in [2.24, 2.45) is 11.3 Å². The topological polar surface area (TPSA) is 106 Å². The van der Waals surface area contributed by atoms with E-state index in [-0.39, 0.29) is 17.7 Å². The Kier molecular flexibility index (Phi) is 7.72. The summed E-state index contributed by atoms with van der Waals surface area (Å²) in [5.41, 5.74) is -0.448. The van der Waals surface area contributed by atoms with Gasteiger partial charge in [0.15, 0.2) is 0 Å². The van der Waals surface area contributed by atoms with Crippen LogP contribution in [0.1, 0.15) is 61.3 Å². The van der Waals surface area contributed by atoms with E-state index >= 15 is 0 Å². The van der Waals surface area contributed by atoms with Gasteiger partial charge in [-0.1, -0.05) is 20.8 Å². The van der Waals surface area contributed by atoms with E-state index in [0.29, 0.717) is 31.6 Å². The number of aromatic nitrogens is 2. The van der Waals surface area contributed by atoms with Gasteiger partial charge in [-0.3, -0.25) is 14.3 Å². The van der Waals surface area contributed by atoms with E-state index in [1.54, 1.807) is 42.7 Å². The highest BCUT2D eigenvalue weighted by Crippen LogP contribution is 2.25. The van der Waals surface area contributed by atoms with Gasteiger partial charge in [0.1, 0.15) is 11.6 Å². The van der Waals surface area contributed by atoms with Gasteiger partial charge in [-0.05, 0) is 46.0 Å². The predicted octanol–water partition coefficient (Wildman–Crippen LogP) is 3.02. The van der Waals surface area contributed by atoms with Crippen molar-refractivity contribution in [2.75, 3.05) is 18.4 Å². The van der Waals surface area contributed by atoms with Crippen LogP contribution >= 0.6 is 0 Å². The summed E-state index contributed by atoms with van der Waals surface area (Å²) >= 11 is 0. The Balaban J connectivity index is 1.94. The molecule has 174 valence electrons. The summed E-state index contributed by atoms with van der Waals surface area (Å²) in [4.78, 5) is 39.8. The Morgan fingerprint density at radius 1 is 1.16 bits per heavy atom. The lowest BCUT2D eigenvalue weighted by Gasteiger charge is -2.38. The number of likely N-dealkylation sites (tertiary alicyclic amines) is 1. The normalized spacial score (nSPS) is 16.5. The number of nitrogens with one attached hydrogen (secondary N) is 2. The fraction of sp³-hybridized carbons (Fsp3) is 0.727. The molecule has 1 saturated heterocycles. The highest BCUT2D eigenvalue weighted by atomic mass is 16.6. The minimum Gasteiger partial charge on any atom is -0.444 e. The van der Waals surface area contributed by atoms with Crippen molar-refractivity contribution >= 4 is 23.6 Å². The van der Waals surface area contributed by atoms with E-state index < -0.39 is 23.2 Å². The molecule has 0 radical (unpaired) electrons. The van der Waals surface area contributed by atoms with Gasteiger partial charge >= 0.3 is 6.09 Å². The summed E-state index contributed by atoms with van der Waals surface area (Å²) in [7, 11) is 0. The molecule has 0 spiro atoms. The number of carbonyl (C=O) groups is 3. The first kappa shape index (κ1) is 24.7. The first-order valence-electron chi connectivity index (χ1n) is 10.9. The number of hydrogen-bond donors (Lipinski definition) is 2. The number of ether oxygens (including phenoxy) is 1. The van der Waals surface area contributed by atoms with Crippen LogP contribution in [-0.4, -0.2) is 57.3 Å². The fourth-order valence-corrected chi connectivity index (χ4v) is 3.46. The van der Waals surface area contributed by atoms with Crippen molar-refractivity contribution in [1.29, 1.82) is 0 Å². The summed E-state index contributed by atoms with van der Waals surface area (Å²) in [6, 6.07) is -0.715. The number of nitrogens with zero attached hydrogens (tertiary/aromatic N) is 3. The summed E-state index contributed by atoms with van der Waals surface area (Å²) in [6.07, 6.45) is 3.97. The van der Waals surface area contributed by atoms with Gasteiger partial charge in [0.25, 0.3) is 0 Å². The van der Waals surface area contributed by atoms with Crippen molar-refractivity contribution < 1.29 is 19.1 Å². The molecule has 2 heterocycles. The molecule has 1 atom stereocenters. The minimum absolute atomic E-state index is 0.0537. The number of piperidine rings is 1. The van der Waals surface area contributed by atoms with E-state index in [4.69, 9.17) is 4.74 Å². The SMILES string of the molecule is CCn1cc(NC(=O)C2CCN(C(=O)[C@H](NC(=O)OC(C)(C)C)C(C)(C)C)CC2)cn1. The molecule has 9 heteroatoms. The van der Waals surface area contributed by atoms with Gasteiger partial charge in [-0.2, -0.15) is 5.10 Å². The van der Waals surface area contributed by atoms with Crippen molar-refractivity contribution in [2.45, 2.75) is 79.5 Å². The smallest absolute Gasteiger partial charge is 0.408 e. The lowest BCUT2D eigenvalue weighted by molar-refractivity contribution is -0.139. The van der Waals surface area contributed by atoms with E-state index in [2.05, 4.69) is 15.7 Å². The minimum atomic E-state index is -0.715. The maximum absolute atomic E-state index is 13.2. The molecule has 0 bridgehead atoms. The third kappa shape index (κ3) is 7.25. The van der Waals surface area contributed by atoms with Crippen molar-refractivity contribution in [3.05, 3.63) is 12.4 Å². The molecule has 3 amide bonds. The molecule has 1 aliphatic heterocycles. The molecule has 1 aliphatic rings. The Labute approximate surface area is 184 Å². The lowest BCUT2D eigenvalue weighted by Crippen LogP contribution is -2.57. The summed E-state index contributed by atoms with van der Waals surface area (Å²) in [5.74, 6) is -0.371. The maximum Gasteiger partial charge on any atom is 0.408 e. The van der Waals surface area contributed by atoms with Crippen LogP contribution in [0, 0.1) is 11.3 Å². The molecule has 0 aliphatic carbocycles. The first-order valence-corrected chi connectivity index (χ1v) is 10.9. The van der Waals surface area contributed by atoms with Crippen LogP contribution in [0.25, 0.3) is 0 Å². The summed E-state index contributed by atoms with van der Waals surface area (Å²) < 4.78 is 7.09. The molecule has 1 aromatic rings. The van der Waals surface area contributed by atoms with Gasteiger partial charge in [-0.25, -0.2) is 4.79 Å². The number of aryl methyl sites for hydroxylation is 1. The van der Waals surface area contributed by atoms with Crippen LogP contribution < -0.4 is 10.6 Å². The Morgan fingerprint density at radius 2 is 1.77 bits per heavy atom. The van der Waals surface area contributed by atoms with Gasteiger partial charge in [0, 0.05) is 31.7 Å². The molecule has 9 nitrogen and oxygen atoms in total. The Morgan fingerprint density at radius 3 is 2.26 bits per heavy atom. The third-order valence-corrected chi connectivity index (χ3v) is 5.18. The Bertz CT molecular complexity index is 783. The van der Waals surface area contributed by atoms with Crippen molar-refractivity contribution in [3.63, 3.8) is 0 Å². The number of hydrogen-bond acceptors (Lipinski definition) is 5. The van der Waals surface area contributed by atoms with E-state index in [9.17, 15) is 14.4 Å². The molecule has 31 heavy (non-hydrogen) atoms. The van der Waals surface area contributed by atoms with Crippen LogP contribution in [0.3, 0.4) is 0 Å². The second-order valence-corrected chi connectivity index (χ2v) is 10.1. The van der Waals surface area contributed by atoms with E-state index in [1.807, 2.05) is 27.7 Å². The lowest BCUT2D eigenvalue weighted by atomic mass is 9.85. The quantitative estimate of drug-likeness (QED) is 0.740. The number of anilines is 1. The standard InChI is InChI=1S/C22H37N5O4/c1-8-27-14-16(13-23-27)24-18(28)15-9-11-26(12-10-15)19(29)17(21(2,3)4)25-20(30)31-22(5,6)7/h13-15,17H,8-12H2,1-7H3,(H,24,28)(H,25,30)/t17-/m0/s1. The summed E-state index contributed by atoms with van der Waals surface area (Å²) in [6.45, 7) is 14.7. The average Bonchev–Trinajstić information content (AvgIpc) is 3.11.